The first kappa shape index (κ1) is 15.8. The van der Waals surface area contributed by atoms with E-state index in [0.29, 0.717) is 30.0 Å². The maximum Gasteiger partial charge on any atom is 0.244 e. The molecule has 0 spiro atoms. The van der Waals surface area contributed by atoms with Gasteiger partial charge in [-0.25, -0.2) is 0 Å². The highest BCUT2D eigenvalue weighted by molar-refractivity contribution is 5.99. The molecule has 1 aliphatic carbocycles. The van der Waals surface area contributed by atoms with Crippen molar-refractivity contribution >= 4 is 23.2 Å². The molecule has 0 aromatic heterocycles. The number of methoxy groups -OCH3 is 1. The van der Waals surface area contributed by atoms with Crippen molar-refractivity contribution in [2.75, 3.05) is 17.7 Å². The number of hydrogen-bond acceptors (Lipinski definition) is 4. The summed E-state index contributed by atoms with van der Waals surface area (Å²) in [5.41, 5.74) is 0.0379. The third-order valence-corrected chi connectivity index (χ3v) is 3.87. The van der Waals surface area contributed by atoms with Gasteiger partial charge in [-0.15, -0.1) is 0 Å². The standard InChI is InChI=1S/C16H19N3O3/c1-11(20)18-12-5-6-14(22-2)13(9-12)19-15(21)16(10-17)7-3-4-8-16/h5-6,9H,3-4,7-8H2,1-2H3,(H,18,20)(H,19,21). The fourth-order valence-corrected chi connectivity index (χ4v) is 2.70. The lowest BCUT2D eigenvalue weighted by Crippen LogP contribution is -2.32. The van der Waals surface area contributed by atoms with Crippen LogP contribution in [0.25, 0.3) is 0 Å². The summed E-state index contributed by atoms with van der Waals surface area (Å²) in [6.07, 6.45) is 2.90. The Hall–Kier alpha value is -2.55. The molecule has 0 aliphatic heterocycles. The van der Waals surface area contributed by atoms with E-state index < -0.39 is 5.41 Å². The first-order valence-electron chi connectivity index (χ1n) is 7.19. The number of carbonyl (C=O) groups excluding carboxylic acids is 2. The van der Waals surface area contributed by atoms with Crippen LogP contribution in [0.3, 0.4) is 0 Å². The van der Waals surface area contributed by atoms with Crippen LogP contribution < -0.4 is 15.4 Å². The summed E-state index contributed by atoms with van der Waals surface area (Å²) < 4.78 is 5.23. The lowest BCUT2D eigenvalue weighted by Gasteiger charge is -2.20. The Labute approximate surface area is 129 Å². The van der Waals surface area contributed by atoms with Crippen molar-refractivity contribution in [3.8, 4) is 11.8 Å². The molecule has 1 saturated carbocycles. The number of ether oxygens (including phenoxy) is 1. The molecular weight excluding hydrogens is 282 g/mol. The molecule has 6 nitrogen and oxygen atoms in total. The predicted octanol–water partition coefficient (Wildman–Crippen LogP) is 2.68. The van der Waals surface area contributed by atoms with E-state index in [9.17, 15) is 14.9 Å². The molecule has 6 heteroatoms. The summed E-state index contributed by atoms with van der Waals surface area (Å²) in [5, 5.41) is 14.8. The van der Waals surface area contributed by atoms with Crippen molar-refractivity contribution in [3.63, 3.8) is 0 Å². The van der Waals surface area contributed by atoms with Gasteiger partial charge < -0.3 is 15.4 Å². The third-order valence-electron chi connectivity index (χ3n) is 3.87. The minimum atomic E-state index is -0.963. The molecule has 22 heavy (non-hydrogen) atoms. The molecule has 0 unspecified atom stereocenters. The Morgan fingerprint density at radius 1 is 1.27 bits per heavy atom. The number of benzene rings is 1. The quantitative estimate of drug-likeness (QED) is 0.894. The molecule has 2 amide bonds. The van der Waals surface area contributed by atoms with E-state index in [1.807, 2.05) is 0 Å². The molecule has 0 atom stereocenters. The smallest absolute Gasteiger partial charge is 0.244 e. The van der Waals surface area contributed by atoms with Crippen LogP contribution in [-0.4, -0.2) is 18.9 Å². The Morgan fingerprint density at radius 3 is 2.50 bits per heavy atom. The van der Waals surface area contributed by atoms with Gasteiger partial charge in [-0.1, -0.05) is 12.8 Å². The summed E-state index contributed by atoms with van der Waals surface area (Å²) in [5.74, 6) is -0.0361. The van der Waals surface area contributed by atoms with Gasteiger partial charge in [0.2, 0.25) is 11.8 Å². The highest BCUT2D eigenvalue weighted by Gasteiger charge is 2.41. The summed E-state index contributed by atoms with van der Waals surface area (Å²) in [4.78, 5) is 23.6. The van der Waals surface area contributed by atoms with Crippen molar-refractivity contribution in [2.24, 2.45) is 5.41 Å². The van der Waals surface area contributed by atoms with E-state index in [1.165, 1.54) is 14.0 Å². The Morgan fingerprint density at radius 2 is 1.95 bits per heavy atom. The van der Waals surface area contributed by atoms with E-state index in [-0.39, 0.29) is 11.8 Å². The van der Waals surface area contributed by atoms with Crippen LogP contribution in [0.4, 0.5) is 11.4 Å². The second kappa shape index (κ2) is 6.48. The Kier molecular flexibility index (Phi) is 4.66. The molecular formula is C16H19N3O3. The number of hydrogen-bond donors (Lipinski definition) is 2. The zero-order chi connectivity index (χ0) is 16.2. The summed E-state index contributed by atoms with van der Waals surface area (Å²) in [7, 11) is 1.50. The van der Waals surface area contributed by atoms with Crippen LogP contribution in [0, 0.1) is 16.7 Å². The van der Waals surface area contributed by atoms with Crippen LogP contribution in [0.5, 0.6) is 5.75 Å². The van der Waals surface area contributed by atoms with Gasteiger partial charge in [0.1, 0.15) is 11.2 Å². The summed E-state index contributed by atoms with van der Waals surface area (Å²) >= 11 is 0. The van der Waals surface area contributed by atoms with Crippen LogP contribution >= 0.6 is 0 Å². The van der Waals surface area contributed by atoms with Crippen molar-refractivity contribution in [2.45, 2.75) is 32.6 Å². The topological polar surface area (TPSA) is 91.2 Å². The SMILES string of the molecule is COc1ccc(NC(C)=O)cc1NC(=O)C1(C#N)CCCC1. The van der Waals surface area contributed by atoms with Crippen LogP contribution in [0.2, 0.25) is 0 Å². The maximum atomic E-state index is 12.5. The molecule has 2 N–H and O–H groups in total. The van der Waals surface area contributed by atoms with Crippen molar-refractivity contribution in [1.29, 1.82) is 5.26 Å². The number of nitriles is 1. The van der Waals surface area contributed by atoms with Gasteiger partial charge in [-0.05, 0) is 31.0 Å². The van der Waals surface area contributed by atoms with E-state index in [0.717, 1.165) is 12.8 Å². The zero-order valence-corrected chi connectivity index (χ0v) is 12.7. The number of anilines is 2. The maximum absolute atomic E-state index is 12.5. The first-order valence-corrected chi connectivity index (χ1v) is 7.19. The number of nitrogens with one attached hydrogen (secondary N) is 2. The van der Waals surface area contributed by atoms with Crippen molar-refractivity contribution in [1.82, 2.24) is 0 Å². The van der Waals surface area contributed by atoms with Gasteiger partial charge in [0.15, 0.2) is 0 Å². The van der Waals surface area contributed by atoms with Crippen LogP contribution in [0.1, 0.15) is 32.6 Å². The van der Waals surface area contributed by atoms with Gasteiger partial charge in [0.05, 0.1) is 18.9 Å². The average Bonchev–Trinajstić information content (AvgIpc) is 2.97. The van der Waals surface area contributed by atoms with Gasteiger partial charge >= 0.3 is 0 Å². The summed E-state index contributed by atoms with van der Waals surface area (Å²) in [6.45, 7) is 1.41. The molecule has 0 radical (unpaired) electrons. The molecule has 2 rings (SSSR count). The number of nitrogens with zero attached hydrogens (tertiary/aromatic N) is 1. The Bertz CT molecular complexity index is 628. The number of rotatable bonds is 4. The molecule has 0 saturated heterocycles. The summed E-state index contributed by atoms with van der Waals surface area (Å²) in [6, 6.07) is 7.13. The Balaban J connectivity index is 2.25. The number of amides is 2. The molecule has 1 fully saturated rings. The lowest BCUT2D eigenvalue weighted by molar-refractivity contribution is -0.122. The highest BCUT2D eigenvalue weighted by atomic mass is 16.5. The van der Waals surface area contributed by atoms with Gasteiger partial charge in [-0.3, -0.25) is 9.59 Å². The normalized spacial score (nSPS) is 15.7. The minimum absolute atomic E-state index is 0.202. The van der Waals surface area contributed by atoms with Crippen LogP contribution in [-0.2, 0) is 9.59 Å². The van der Waals surface area contributed by atoms with E-state index >= 15 is 0 Å². The second-order valence-corrected chi connectivity index (χ2v) is 5.45. The fourth-order valence-electron chi connectivity index (χ4n) is 2.70. The lowest BCUT2D eigenvalue weighted by atomic mass is 9.87. The first-order chi connectivity index (χ1) is 10.5. The fraction of sp³-hybridized carbons (Fsp3) is 0.438. The minimum Gasteiger partial charge on any atom is -0.495 e. The van der Waals surface area contributed by atoms with Gasteiger partial charge in [-0.2, -0.15) is 5.26 Å². The van der Waals surface area contributed by atoms with Crippen LogP contribution in [0.15, 0.2) is 18.2 Å². The largest absolute Gasteiger partial charge is 0.495 e. The van der Waals surface area contributed by atoms with E-state index in [1.54, 1.807) is 18.2 Å². The van der Waals surface area contributed by atoms with Crippen molar-refractivity contribution in [3.05, 3.63) is 18.2 Å². The molecule has 1 aliphatic rings. The molecule has 1 aromatic rings. The molecule has 0 bridgehead atoms. The molecule has 0 heterocycles. The van der Waals surface area contributed by atoms with E-state index in [4.69, 9.17) is 4.74 Å². The predicted molar refractivity (Wildman–Crippen MR) is 82.4 cm³/mol. The van der Waals surface area contributed by atoms with E-state index in [2.05, 4.69) is 16.7 Å². The molecule has 1 aromatic carbocycles. The van der Waals surface area contributed by atoms with Crippen molar-refractivity contribution < 1.29 is 14.3 Å². The third kappa shape index (κ3) is 3.19. The average molecular weight is 301 g/mol. The highest BCUT2D eigenvalue weighted by Crippen LogP contribution is 2.39. The van der Waals surface area contributed by atoms with Gasteiger partial charge in [0, 0.05) is 12.6 Å². The molecule has 116 valence electrons. The second-order valence-electron chi connectivity index (χ2n) is 5.45. The zero-order valence-electron chi connectivity index (χ0n) is 12.7. The monoisotopic (exact) mass is 301 g/mol. The van der Waals surface area contributed by atoms with Gasteiger partial charge in [0.25, 0.3) is 0 Å². The number of carbonyl (C=O) groups is 2.